The summed E-state index contributed by atoms with van der Waals surface area (Å²) in [5.41, 5.74) is 9.37. The molecule has 1 aliphatic heterocycles. The van der Waals surface area contributed by atoms with E-state index in [0.29, 0.717) is 0 Å². The molecule has 0 radical (unpaired) electrons. The van der Waals surface area contributed by atoms with Gasteiger partial charge in [0, 0.05) is 43.1 Å². The largest absolute Gasteiger partial charge is 0.404 e. The van der Waals surface area contributed by atoms with Gasteiger partial charge in [0.25, 0.3) is 0 Å². The maximum Gasteiger partial charge on any atom is 0.225 e. The number of anilines is 1. The van der Waals surface area contributed by atoms with E-state index in [0.717, 1.165) is 41.8 Å². The standard InChI is InChI=1S/C18H25N3O2/c1-4-7-20-11-16(10-19)14-5-6-17-15(9-14)8-12(2)18(23)21(17)13(3)22/h5-6,9-12,18,23H,4,7-8,19H2,1-3H3/t12-,18+/m1/s1. The fourth-order valence-corrected chi connectivity index (χ4v) is 2.87. The van der Waals surface area contributed by atoms with Gasteiger partial charge in [-0.1, -0.05) is 19.9 Å². The number of hydrogen-bond donors (Lipinski definition) is 2. The van der Waals surface area contributed by atoms with Gasteiger partial charge in [-0.05, 0) is 36.1 Å². The van der Waals surface area contributed by atoms with Crippen LogP contribution in [-0.2, 0) is 11.2 Å². The highest BCUT2D eigenvalue weighted by molar-refractivity contribution is 6.10. The smallest absolute Gasteiger partial charge is 0.225 e. The van der Waals surface area contributed by atoms with Crippen LogP contribution >= 0.6 is 0 Å². The maximum atomic E-state index is 11.9. The van der Waals surface area contributed by atoms with E-state index < -0.39 is 6.23 Å². The second-order valence-electron chi connectivity index (χ2n) is 5.98. The van der Waals surface area contributed by atoms with Gasteiger partial charge < -0.3 is 10.8 Å². The van der Waals surface area contributed by atoms with E-state index >= 15 is 0 Å². The minimum atomic E-state index is -0.776. The number of benzene rings is 1. The Hall–Kier alpha value is -2.14. The van der Waals surface area contributed by atoms with Crippen LogP contribution in [0.15, 0.2) is 29.4 Å². The third kappa shape index (κ3) is 3.62. The number of hydrogen-bond acceptors (Lipinski definition) is 4. The molecule has 1 aromatic carbocycles. The van der Waals surface area contributed by atoms with Gasteiger partial charge in [0.2, 0.25) is 5.91 Å². The molecule has 0 spiro atoms. The fourth-order valence-electron chi connectivity index (χ4n) is 2.87. The normalized spacial score (nSPS) is 21.6. The van der Waals surface area contributed by atoms with Crippen molar-refractivity contribution in [2.24, 2.45) is 16.6 Å². The van der Waals surface area contributed by atoms with Crippen LogP contribution in [0.1, 0.15) is 38.3 Å². The van der Waals surface area contributed by atoms with Crippen LogP contribution in [0.25, 0.3) is 5.57 Å². The number of nitrogens with two attached hydrogens (primary N) is 1. The molecule has 1 aliphatic rings. The second-order valence-corrected chi connectivity index (χ2v) is 5.98. The first kappa shape index (κ1) is 17.2. The Morgan fingerprint density at radius 3 is 2.87 bits per heavy atom. The Morgan fingerprint density at radius 1 is 1.52 bits per heavy atom. The molecule has 0 aliphatic carbocycles. The van der Waals surface area contributed by atoms with E-state index in [9.17, 15) is 9.90 Å². The molecule has 0 saturated heterocycles. The third-order valence-electron chi connectivity index (χ3n) is 4.09. The highest BCUT2D eigenvalue weighted by Crippen LogP contribution is 2.34. The number of carbonyl (C=O) groups excluding carboxylic acids is 1. The zero-order valence-electron chi connectivity index (χ0n) is 14.0. The van der Waals surface area contributed by atoms with Gasteiger partial charge in [0.1, 0.15) is 6.23 Å². The molecule has 124 valence electrons. The van der Waals surface area contributed by atoms with Crippen LogP contribution in [0, 0.1) is 5.92 Å². The molecule has 1 aromatic rings. The van der Waals surface area contributed by atoms with E-state index in [1.54, 1.807) is 12.4 Å². The summed E-state index contributed by atoms with van der Waals surface area (Å²) in [6.45, 7) is 6.26. The summed E-state index contributed by atoms with van der Waals surface area (Å²) in [5.74, 6) is -0.169. The highest BCUT2D eigenvalue weighted by atomic mass is 16.3. The molecule has 3 N–H and O–H groups in total. The van der Waals surface area contributed by atoms with Crippen molar-refractivity contribution in [3.63, 3.8) is 0 Å². The van der Waals surface area contributed by atoms with Gasteiger partial charge >= 0.3 is 0 Å². The first-order valence-corrected chi connectivity index (χ1v) is 8.02. The summed E-state index contributed by atoms with van der Waals surface area (Å²) < 4.78 is 0. The lowest BCUT2D eigenvalue weighted by Gasteiger charge is -2.37. The number of rotatable bonds is 4. The number of amides is 1. The minimum Gasteiger partial charge on any atom is -0.404 e. The average molecular weight is 315 g/mol. The van der Waals surface area contributed by atoms with E-state index in [-0.39, 0.29) is 11.8 Å². The number of carbonyl (C=O) groups is 1. The Balaban J connectivity index is 2.39. The molecule has 0 bridgehead atoms. The molecule has 5 heteroatoms. The van der Waals surface area contributed by atoms with Gasteiger partial charge in [0.05, 0.1) is 0 Å². The predicted molar refractivity (Wildman–Crippen MR) is 94.3 cm³/mol. The lowest BCUT2D eigenvalue weighted by molar-refractivity contribution is -0.119. The second kappa shape index (κ2) is 7.42. The summed E-state index contributed by atoms with van der Waals surface area (Å²) in [6, 6.07) is 5.82. The molecule has 1 amide bonds. The topological polar surface area (TPSA) is 78.9 Å². The van der Waals surface area contributed by atoms with Crippen molar-refractivity contribution in [1.82, 2.24) is 0 Å². The van der Waals surface area contributed by atoms with Gasteiger partial charge in [0.15, 0.2) is 0 Å². The predicted octanol–water partition coefficient (Wildman–Crippen LogP) is 2.33. The van der Waals surface area contributed by atoms with Gasteiger partial charge in [-0.15, -0.1) is 0 Å². The SMILES string of the molecule is CCCN=CC(=CN)c1ccc2c(c1)C[C@@H](C)[C@H](O)N2C(C)=O. The lowest BCUT2D eigenvalue weighted by atomic mass is 9.90. The quantitative estimate of drug-likeness (QED) is 0.837. The zero-order chi connectivity index (χ0) is 17.0. The number of allylic oxidation sites excluding steroid dienone is 1. The van der Waals surface area contributed by atoms with Crippen molar-refractivity contribution in [3.05, 3.63) is 35.5 Å². The number of fused-ring (bicyclic) bond motifs is 1. The Kier molecular flexibility index (Phi) is 5.55. The molecule has 23 heavy (non-hydrogen) atoms. The van der Waals surface area contributed by atoms with E-state index in [1.165, 1.54) is 11.8 Å². The first-order chi connectivity index (χ1) is 11.0. The summed E-state index contributed by atoms with van der Waals surface area (Å²) in [5, 5.41) is 10.3. The highest BCUT2D eigenvalue weighted by Gasteiger charge is 2.32. The Labute approximate surface area is 137 Å². The number of aliphatic imine (C=N–C) groups is 1. The molecular formula is C18H25N3O2. The first-order valence-electron chi connectivity index (χ1n) is 8.02. The molecular weight excluding hydrogens is 290 g/mol. The van der Waals surface area contributed by atoms with Crippen molar-refractivity contribution in [3.8, 4) is 0 Å². The minimum absolute atomic E-state index is 0.0132. The van der Waals surface area contributed by atoms with Crippen molar-refractivity contribution >= 4 is 23.4 Å². The third-order valence-corrected chi connectivity index (χ3v) is 4.09. The van der Waals surface area contributed by atoms with E-state index in [4.69, 9.17) is 5.73 Å². The number of nitrogens with zero attached hydrogens (tertiary/aromatic N) is 2. The molecule has 2 rings (SSSR count). The summed E-state index contributed by atoms with van der Waals surface area (Å²) in [6.07, 6.45) is 4.26. The molecule has 1 heterocycles. The number of aliphatic hydroxyl groups is 1. The lowest BCUT2D eigenvalue weighted by Crippen LogP contribution is -2.47. The fraction of sp³-hybridized carbons (Fsp3) is 0.444. The van der Waals surface area contributed by atoms with Crippen molar-refractivity contribution < 1.29 is 9.90 Å². The molecule has 0 saturated carbocycles. The summed E-state index contributed by atoms with van der Waals surface area (Å²) in [4.78, 5) is 17.7. The van der Waals surface area contributed by atoms with Crippen molar-refractivity contribution in [2.45, 2.75) is 39.8 Å². The molecule has 0 fully saturated rings. The van der Waals surface area contributed by atoms with Crippen LogP contribution in [0.5, 0.6) is 0 Å². The Bertz CT molecular complexity index is 637. The van der Waals surface area contributed by atoms with E-state index in [1.807, 2.05) is 25.1 Å². The van der Waals surface area contributed by atoms with E-state index in [2.05, 4.69) is 11.9 Å². The molecule has 5 nitrogen and oxygen atoms in total. The van der Waals surface area contributed by atoms with Crippen molar-refractivity contribution in [1.29, 1.82) is 0 Å². The van der Waals surface area contributed by atoms with Gasteiger partial charge in [-0.2, -0.15) is 0 Å². The van der Waals surface area contributed by atoms with Crippen LogP contribution in [0.3, 0.4) is 0 Å². The average Bonchev–Trinajstić information content (AvgIpc) is 2.52. The van der Waals surface area contributed by atoms with Gasteiger partial charge in [-0.25, -0.2) is 0 Å². The zero-order valence-corrected chi connectivity index (χ0v) is 14.0. The summed E-state index contributed by atoms with van der Waals surface area (Å²) >= 11 is 0. The van der Waals surface area contributed by atoms with Crippen LogP contribution < -0.4 is 10.6 Å². The summed E-state index contributed by atoms with van der Waals surface area (Å²) in [7, 11) is 0. The van der Waals surface area contributed by atoms with Crippen LogP contribution in [0.4, 0.5) is 5.69 Å². The van der Waals surface area contributed by atoms with Crippen molar-refractivity contribution in [2.75, 3.05) is 11.4 Å². The maximum absolute atomic E-state index is 11.9. The Morgan fingerprint density at radius 2 is 2.26 bits per heavy atom. The monoisotopic (exact) mass is 315 g/mol. The van der Waals surface area contributed by atoms with Gasteiger partial charge in [-0.3, -0.25) is 14.7 Å². The molecule has 2 atom stereocenters. The molecule has 0 aromatic heterocycles. The molecule has 0 unspecified atom stereocenters. The number of aliphatic hydroxyl groups excluding tert-OH is 1. The van der Waals surface area contributed by atoms with Crippen LogP contribution in [-0.4, -0.2) is 30.0 Å². The van der Waals surface area contributed by atoms with Crippen LogP contribution in [0.2, 0.25) is 0 Å².